The molecule has 0 heterocycles. The fraction of sp³-hybridized carbons (Fsp3) is 0.222. The van der Waals surface area contributed by atoms with Crippen molar-refractivity contribution in [3.05, 3.63) is 60.2 Å². The minimum absolute atomic E-state index is 0.0895. The van der Waals surface area contributed by atoms with E-state index in [4.69, 9.17) is 4.74 Å². The van der Waals surface area contributed by atoms with Gasteiger partial charge in [0, 0.05) is 31.4 Å². The fourth-order valence-corrected chi connectivity index (χ4v) is 1.98. The molecule has 5 nitrogen and oxygen atoms in total. The van der Waals surface area contributed by atoms with E-state index in [1.54, 1.807) is 57.4 Å². The van der Waals surface area contributed by atoms with Gasteiger partial charge in [0.05, 0.1) is 0 Å². The lowest BCUT2D eigenvalue weighted by Crippen LogP contribution is -2.27. The van der Waals surface area contributed by atoms with Gasteiger partial charge in [0.25, 0.3) is 0 Å². The molecule has 5 heteroatoms. The molecule has 0 spiro atoms. The average molecular weight is 312 g/mol. The quantitative estimate of drug-likeness (QED) is 0.861. The molecule has 2 aromatic rings. The van der Waals surface area contributed by atoms with E-state index in [0.29, 0.717) is 17.0 Å². The Morgan fingerprint density at radius 3 is 2.39 bits per heavy atom. The van der Waals surface area contributed by atoms with E-state index >= 15 is 0 Å². The second kappa shape index (κ2) is 7.45. The Balaban J connectivity index is 2.05. The van der Waals surface area contributed by atoms with Crippen molar-refractivity contribution in [3.8, 4) is 5.75 Å². The number of nitrogens with one attached hydrogen (secondary N) is 1. The normalized spacial score (nSPS) is 11.4. The van der Waals surface area contributed by atoms with Crippen LogP contribution in [0.1, 0.15) is 17.3 Å². The molecule has 2 amide bonds. The van der Waals surface area contributed by atoms with Crippen molar-refractivity contribution in [1.29, 1.82) is 0 Å². The summed E-state index contributed by atoms with van der Waals surface area (Å²) in [5.74, 6) is 0.437. The molecular weight excluding hydrogens is 292 g/mol. The first-order chi connectivity index (χ1) is 11.0. The van der Waals surface area contributed by atoms with Gasteiger partial charge in [0.15, 0.2) is 6.10 Å². The zero-order valence-electron chi connectivity index (χ0n) is 13.4. The third kappa shape index (κ3) is 4.57. The highest BCUT2D eigenvalue weighted by atomic mass is 16.5. The van der Waals surface area contributed by atoms with Gasteiger partial charge in [0.1, 0.15) is 5.75 Å². The van der Waals surface area contributed by atoms with Crippen molar-refractivity contribution in [2.24, 2.45) is 0 Å². The number of benzene rings is 2. The summed E-state index contributed by atoms with van der Waals surface area (Å²) in [7, 11) is 3.33. The standard InChI is InChI=1S/C18H20N2O3/c1-13(17(21)14-8-5-4-6-9-14)23-16-11-7-10-15(12-16)19-18(22)20(2)3/h4-13H,1-3H3,(H,19,22). The number of carbonyl (C=O) groups is 2. The highest BCUT2D eigenvalue weighted by Crippen LogP contribution is 2.20. The van der Waals surface area contributed by atoms with Crippen LogP contribution in [0.5, 0.6) is 5.75 Å². The van der Waals surface area contributed by atoms with Crippen LogP contribution in [-0.4, -0.2) is 36.9 Å². The van der Waals surface area contributed by atoms with Crippen LogP contribution in [0.3, 0.4) is 0 Å². The van der Waals surface area contributed by atoms with E-state index in [1.807, 2.05) is 18.2 Å². The van der Waals surface area contributed by atoms with E-state index in [-0.39, 0.29) is 11.8 Å². The summed E-state index contributed by atoms with van der Waals surface area (Å²) < 4.78 is 5.70. The van der Waals surface area contributed by atoms with Gasteiger partial charge in [-0.2, -0.15) is 0 Å². The zero-order chi connectivity index (χ0) is 16.8. The minimum Gasteiger partial charge on any atom is -0.482 e. The van der Waals surface area contributed by atoms with Crippen molar-refractivity contribution in [1.82, 2.24) is 4.90 Å². The molecule has 0 saturated carbocycles. The summed E-state index contributed by atoms with van der Waals surface area (Å²) in [6.45, 7) is 1.71. The summed E-state index contributed by atoms with van der Waals surface area (Å²) in [6, 6.07) is 15.8. The second-order valence-corrected chi connectivity index (χ2v) is 5.34. The van der Waals surface area contributed by atoms with Crippen LogP contribution in [0.4, 0.5) is 10.5 Å². The van der Waals surface area contributed by atoms with Crippen LogP contribution in [0.25, 0.3) is 0 Å². The molecule has 0 aliphatic rings. The Labute approximate surface area is 135 Å². The topological polar surface area (TPSA) is 58.6 Å². The van der Waals surface area contributed by atoms with Gasteiger partial charge < -0.3 is 15.0 Å². The Morgan fingerprint density at radius 2 is 1.74 bits per heavy atom. The average Bonchev–Trinajstić information content (AvgIpc) is 2.55. The largest absolute Gasteiger partial charge is 0.482 e. The first kappa shape index (κ1) is 16.5. The number of hydrogen-bond donors (Lipinski definition) is 1. The van der Waals surface area contributed by atoms with Crippen LogP contribution in [-0.2, 0) is 0 Å². The van der Waals surface area contributed by atoms with Crippen LogP contribution in [0.2, 0.25) is 0 Å². The number of urea groups is 1. The highest BCUT2D eigenvalue weighted by Gasteiger charge is 2.16. The number of rotatable bonds is 5. The summed E-state index contributed by atoms with van der Waals surface area (Å²) >= 11 is 0. The number of ketones is 1. The molecule has 0 aliphatic carbocycles. The molecule has 1 atom stereocenters. The van der Waals surface area contributed by atoms with Crippen LogP contribution >= 0.6 is 0 Å². The van der Waals surface area contributed by atoms with Gasteiger partial charge in [-0.05, 0) is 19.1 Å². The third-order valence-corrected chi connectivity index (χ3v) is 3.23. The van der Waals surface area contributed by atoms with E-state index < -0.39 is 6.10 Å². The Bertz CT molecular complexity index is 684. The van der Waals surface area contributed by atoms with Crippen molar-refractivity contribution >= 4 is 17.5 Å². The number of Topliss-reactive ketones (excluding diaryl/α,β-unsaturated/α-hetero) is 1. The molecule has 120 valence electrons. The lowest BCUT2D eigenvalue weighted by atomic mass is 10.1. The molecule has 0 saturated heterocycles. The van der Waals surface area contributed by atoms with Gasteiger partial charge in [-0.3, -0.25) is 4.79 Å². The number of carbonyl (C=O) groups excluding carboxylic acids is 2. The summed E-state index contributed by atoms with van der Waals surface area (Å²) in [4.78, 5) is 25.4. The van der Waals surface area contributed by atoms with Gasteiger partial charge >= 0.3 is 6.03 Å². The third-order valence-electron chi connectivity index (χ3n) is 3.23. The van der Waals surface area contributed by atoms with Crippen LogP contribution in [0.15, 0.2) is 54.6 Å². The number of ether oxygens (including phenoxy) is 1. The maximum Gasteiger partial charge on any atom is 0.321 e. The molecule has 0 aromatic heterocycles. The fourth-order valence-electron chi connectivity index (χ4n) is 1.98. The maximum atomic E-state index is 12.3. The lowest BCUT2D eigenvalue weighted by molar-refractivity contribution is 0.0818. The number of amides is 2. The van der Waals surface area contributed by atoms with Crippen molar-refractivity contribution in [2.75, 3.05) is 19.4 Å². The molecular formula is C18H20N2O3. The van der Waals surface area contributed by atoms with E-state index in [9.17, 15) is 9.59 Å². The van der Waals surface area contributed by atoms with Gasteiger partial charge in [-0.15, -0.1) is 0 Å². The van der Waals surface area contributed by atoms with E-state index in [0.717, 1.165) is 0 Å². The molecule has 2 rings (SSSR count). The van der Waals surface area contributed by atoms with Gasteiger partial charge in [-0.25, -0.2) is 4.79 Å². The smallest absolute Gasteiger partial charge is 0.321 e. The lowest BCUT2D eigenvalue weighted by Gasteiger charge is -2.16. The highest BCUT2D eigenvalue weighted by molar-refractivity contribution is 5.99. The SMILES string of the molecule is CC(Oc1cccc(NC(=O)N(C)C)c1)C(=O)c1ccccc1. The van der Waals surface area contributed by atoms with E-state index in [2.05, 4.69) is 5.32 Å². The first-order valence-corrected chi connectivity index (χ1v) is 7.31. The Morgan fingerprint density at radius 1 is 1.04 bits per heavy atom. The number of anilines is 1. The molecule has 0 fully saturated rings. The summed E-state index contributed by atoms with van der Waals surface area (Å²) in [5.41, 5.74) is 1.22. The molecule has 2 aromatic carbocycles. The minimum atomic E-state index is -0.614. The molecule has 23 heavy (non-hydrogen) atoms. The van der Waals surface area contributed by atoms with Crippen LogP contribution in [0, 0.1) is 0 Å². The molecule has 1 unspecified atom stereocenters. The Hall–Kier alpha value is -2.82. The monoisotopic (exact) mass is 312 g/mol. The maximum absolute atomic E-state index is 12.3. The molecule has 0 radical (unpaired) electrons. The zero-order valence-corrected chi connectivity index (χ0v) is 13.4. The molecule has 1 N–H and O–H groups in total. The summed E-state index contributed by atoms with van der Waals surface area (Å²) in [5, 5.41) is 2.74. The first-order valence-electron chi connectivity index (χ1n) is 7.31. The van der Waals surface area contributed by atoms with Gasteiger partial charge in [-0.1, -0.05) is 36.4 Å². The van der Waals surface area contributed by atoms with Crippen molar-refractivity contribution in [2.45, 2.75) is 13.0 Å². The number of hydrogen-bond acceptors (Lipinski definition) is 3. The number of nitrogens with zero attached hydrogens (tertiary/aromatic N) is 1. The van der Waals surface area contributed by atoms with Crippen molar-refractivity contribution < 1.29 is 14.3 Å². The molecule has 0 aliphatic heterocycles. The Kier molecular flexibility index (Phi) is 5.36. The van der Waals surface area contributed by atoms with Gasteiger partial charge in [0.2, 0.25) is 5.78 Å². The predicted molar refractivity (Wildman–Crippen MR) is 90.0 cm³/mol. The second-order valence-electron chi connectivity index (χ2n) is 5.34. The molecule has 0 bridgehead atoms. The van der Waals surface area contributed by atoms with Crippen LogP contribution < -0.4 is 10.1 Å². The predicted octanol–water partition coefficient (Wildman–Crippen LogP) is 3.43. The van der Waals surface area contributed by atoms with E-state index in [1.165, 1.54) is 4.90 Å². The van der Waals surface area contributed by atoms with Crippen molar-refractivity contribution in [3.63, 3.8) is 0 Å². The summed E-state index contributed by atoms with van der Waals surface area (Å²) in [6.07, 6.45) is -0.614.